The molecule has 3 aromatic rings. The molecule has 20 heavy (non-hydrogen) atoms. The number of benzene rings is 1. The Morgan fingerprint density at radius 3 is 2.80 bits per heavy atom. The Kier molecular flexibility index (Phi) is 3.30. The van der Waals surface area contributed by atoms with Crippen LogP contribution >= 0.6 is 11.3 Å². The summed E-state index contributed by atoms with van der Waals surface area (Å²) in [5.41, 5.74) is 0.619. The monoisotopic (exact) mass is 285 g/mol. The first-order valence-electron chi connectivity index (χ1n) is 6.00. The largest absolute Gasteiger partial charge is 0.475 e. The molecular formula is C14H11N3O2S. The van der Waals surface area contributed by atoms with Crippen molar-refractivity contribution in [2.24, 2.45) is 0 Å². The quantitative estimate of drug-likeness (QED) is 0.770. The van der Waals surface area contributed by atoms with Gasteiger partial charge in [0.05, 0.1) is 12.1 Å². The summed E-state index contributed by atoms with van der Waals surface area (Å²) in [6.45, 7) is 0.609. The van der Waals surface area contributed by atoms with Crippen LogP contribution in [0.5, 0.6) is 0 Å². The van der Waals surface area contributed by atoms with Crippen LogP contribution in [-0.2, 0) is 6.54 Å². The van der Waals surface area contributed by atoms with E-state index < -0.39 is 5.97 Å². The zero-order chi connectivity index (χ0) is 13.9. The normalized spacial score (nSPS) is 10.6. The van der Waals surface area contributed by atoms with Gasteiger partial charge in [0, 0.05) is 10.3 Å². The second-order valence-corrected chi connectivity index (χ2v) is 5.18. The first kappa shape index (κ1) is 12.6. The molecule has 3 rings (SSSR count). The SMILES string of the molecule is O=C(O)c1nc(NCc2cccs2)c2ccccc2n1. The molecule has 100 valence electrons. The van der Waals surface area contributed by atoms with Crippen molar-refractivity contribution in [3.05, 3.63) is 52.5 Å². The lowest BCUT2D eigenvalue weighted by Gasteiger charge is -2.08. The number of thiophene rings is 1. The molecule has 2 aromatic heterocycles. The highest BCUT2D eigenvalue weighted by Crippen LogP contribution is 2.21. The van der Waals surface area contributed by atoms with Crippen LogP contribution in [0.15, 0.2) is 41.8 Å². The molecule has 2 heterocycles. The van der Waals surface area contributed by atoms with Crippen LogP contribution in [0.3, 0.4) is 0 Å². The Bertz CT molecular complexity index is 756. The lowest BCUT2D eigenvalue weighted by molar-refractivity contribution is 0.0684. The molecule has 0 aliphatic carbocycles. The molecule has 0 saturated heterocycles. The van der Waals surface area contributed by atoms with Gasteiger partial charge in [0.2, 0.25) is 5.82 Å². The molecule has 0 amide bonds. The molecule has 6 heteroatoms. The number of nitrogens with one attached hydrogen (secondary N) is 1. The van der Waals surface area contributed by atoms with E-state index in [4.69, 9.17) is 5.11 Å². The van der Waals surface area contributed by atoms with Crippen LogP contribution in [0.4, 0.5) is 5.82 Å². The van der Waals surface area contributed by atoms with Gasteiger partial charge in [-0.1, -0.05) is 18.2 Å². The molecule has 0 saturated carbocycles. The van der Waals surface area contributed by atoms with Crippen molar-refractivity contribution >= 4 is 34.0 Å². The number of rotatable bonds is 4. The maximum Gasteiger partial charge on any atom is 0.374 e. The average Bonchev–Trinajstić information content (AvgIpc) is 2.97. The minimum Gasteiger partial charge on any atom is -0.475 e. The number of fused-ring (bicyclic) bond motifs is 1. The average molecular weight is 285 g/mol. The van der Waals surface area contributed by atoms with Crippen LogP contribution < -0.4 is 5.32 Å². The van der Waals surface area contributed by atoms with Crippen molar-refractivity contribution in [2.75, 3.05) is 5.32 Å². The molecule has 0 aliphatic rings. The number of carboxylic acid groups (broad SMARTS) is 1. The molecule has 0 bridgehead atoms. The van der Waals surface area contributed by atoms with E-state index in [9.17, 15) is 4.79 Å². The number of para-hydroxylation sites is 1. The number of carbonyl (C=O) groups is 1. The Hall–Kier alpha value is -2.47. The fourth-order valence-corrected chi connectivity index (χ4v) is 2.54. The van der Waals surface area contributed by atoms with Gasteiger partial charge in [0.1, 0.15) is 5.82 Å². The van der Waals surface area contributed by atoms with Crippen molar-refractivity contribution in [2.45, 2.75) is 6.54 Å². The van der Waals surface area contributed by atoms with Gasteiger partial charge in [-0.15, -0.1) is 11.3 Å². The summed E-state index contributed by atoms with van der Waals surface area (Å²) >= 11 is 1.64. The smallest absolute Gasteiger partial charge is 0.374 e. The van der Waals surface area contributed by atoms with E-state index >= 15 is 0 Å². The highest BCUT2D eigenvalue weighted by Gasteiger charge is 2.12. The van der Waals surface area contributed by atoms with E-state index in [1.807, 2.05) is 35.7 Å². The van der Waals surface area contributed by atoms with E-state index in [0.717, 1.165) is 10.3 Å². The van der Waals surface area contributed by atoms with Gasteiger partial charge in [-0.05, 0) is 23.6 Å². The summed E-state index contributed by atoms with van der Waals surface area (Å²) in [5.74, 6) is -0.784. The summed E-state index contributed by atoms with van der Waals surface area (Å²) in [5, 5.41) is 15.1. The molecule has 0 radical (unpaired) electrons. The lowest BCUT2D eigenvalue weighted by Crippen LogP contribution is -2.09. The van der Waals surface area contributed by atoms with Crippen LogP contribution in [0, 0.1) is 0 Å². The number of nitrogens with zero attached hydrogens (tertiary/aromatic N) is 2. The highest BCUT2D eigenvalue weighted by molar-refractivity contribution is 7.09. The number of aromatic nitrogens is 2. The lowest BCUT2D eigenvalue weighted by atomic mass is 10.2. The van der Waals surface area contributed by atoms with E-state index in [0.29, 0.717) is 17.9 Å². The topological polar surface area (TPSA) is 75.1 Å². The highest BCUT2D eigenvalue weighted by atomic mass is 32.1. The van der Waals surface area contributed by atoms with Crippen LogP contribution in [0.2, 0.25) is 0 Å². The van der Waals surface area contributed by atoms with E-state index in [1.165, 1.54) is 0 Å². The van der Waals surface area contributed by atoms with Gasteiger partial charge in [0.25, 0.3) is 0 Å². The fraction of sp³-hybridized carbons (Fsp3) is 0.0714. The summed E-state index contributed by atoms with van der Waals surface area (Å²) < 4.78 is 0. The minimum atomic E-state index is -1.13. The molecule has 1 aromatic carbocycles. The first-order chi connectivity index (χ1) is 9.74. The number of hydrogen-bond acceptors (Lipinski definition) is 5. The molecule has 0 spiro atoms. The predicted molar refractivity (Wildman–Crippen MR) is 78.1 cm³/mol. The molecule has 0 atom stereocenters. The van der Waals surface area contributed by atoms with Gasteiger partial charge in [-0.3, -0.25) is 0 Å². The van der Waals surface area contributed by atoms with Gasteiger partial charge >= 0.3 is 5.97 Å². The van der Waals surface area contributed by atoms with Crippen molar-refractivity contribution < 1.29 is 9.90 Å². The first-order valence-corrected chi connectivity index (χ1v) is 6.88. The maximum absolute atomic E-state index is 11.1. The molecule has 0 fully saturated rings. The molecule has 2 N–H and O–H groups in total. The van der Waals surface area contributed by atoms with Crippen LogP contribution in [-0.4, -0.2) is 21.0 Å². The summed E-state index contributed by atoms with van der Waals surface area (Å²) in [6, 6.07) is 11.3. The number of anilines is 1. The molecule has 5 nitrogen and oxygen atoms in total. The third-order valence-electron chi connectivity index (χ3n) is 2.80. The van der Waals surface area contributed by atoms with E-state index in [2.05, 4.69) is 15.3 Å². The second kappa shape index (κ2) is 5.26. The van der Waals surface area contributed by atoms with Crippen molar-refractivity contribution in [3.8, 4) is 0 Å². The summed E-state index contributed by atoms with van der Waals surface area (Å²) in [6.07, 6.45) is 0. The van der Waals surface area contributed by atoms with Crippen molar-refractivity contribution in [1.29, 1.82) is 0 Å². The number of carboxylic acids is 1. The van der Waals surface area contributed by atoms with Gasteiger partial charge in [-0.25, -0.2) is 14.8 Å². The number of hydrogen-bond donors (Lipinski definition) is 2. The predicted octanol–water partition coefficient (Wildman–Crippen LogP) is 3.00. The van der Waals surface area contributed by atoms with Crippen molar-refractivity contribution in [1.82, 2.24) is 9.97 Å². The Balaban J connectivity index is 2.00. The Morgan fingerprint density at radius 2 is 2.05 bits per heavy atom. The maximum atomic E-state index is 11.1. The van der Waals surface area contributed by atoms with Gasteiger partial charge < -0.3 is 10.4 Å². The van der Waals surface area contributed by atoms with Gasteiger partial charge in [-0.2, -0.15) is 0 Å². The number of aromatic carboxylic acids is 1. The fourth-order valence-electron chi connectivity index (χ4n) is 1.89. The van der Waals surface area contributed by atoms with Gasteiger partial charge in [0.15, 0.2) is 0 Å². The Morgan fingerprint density at radius 1 is 1.20 bits per heavy atom. The van der Waals surface area contributed by atoms with Crippen molar-refractivity contribution in [3.63, 3.8) is 0 Å². The van der Waals surface area contributed by atoms with Crippen LogP contribution in [0.1, 0.15) is 15.5 Å². The van der Waals surface area contributed by atoms with Crippen LogP contribution in [0.25, 0.3) is 10.9 Å². The van der Waals surface area contributed by atoms with E-state index in [1.54, 1.807) is 17.4 Å². The summed E-state index contributed by atoms with van der Waals surface area (Å²) in [4.78, 5) is 20.4. The second-order valence-electron chi connectivity index (χ2n) is 4.15. The minimum absolute atomic E-state index is 0.197. The Labute approximate surface area is 118 Å². The third-order valence-corrected chi connectivity index (χ3v) is 3.68. The molecular weight excluding hydrogens is 274 g/mol. The molecule has 0 unspecified atom stereocenters. The molecule has 0 aliphatic heterocycles. The zero-order valence-corrected chi connectivity index (χ0v) is 11.2. The summed E-state index contributed by atoms with van der Waals surface area (Å²) in [7, 11) is 0. The standard InChI is InChI=1S/C14H11N3O2S/c18-14(19)13-16-11-6-2-1-5-10(11)12(17-13)15-8-9-4-3-7-20-9/h1-7H,8H2,(H,18,19)(H,15,16,17). The van der Waals surface area contributed by atoms with E-state index in [-0.39, 0.29) is 5.82 Å². The zero-order valence-electron chi connectivity index (χ0n) is 10.4. The third kappa shape index (κ3) is 2.46.